The summed E-state index contributed by atoms with van der Waals surface area (Å²) in [6.45, 7) is 2.34. The monoisotopic (exact) mass is 599 g/mol. The van der Waals surface area contributed by atoms with E-state index in [1.54, 1.807) is 30.3 Å². The number of fused-ring (bicyclic) bond motifs is 2. The van der Waals surface area contributed by atoms with E-state index in [2.05, 4.69) is 37.0 Å². The van der Waals surface area contributed by atoms with Crippen LogP contribution in [0.25, 0.3) is 33.5 Å². The van der Waals surface area contributed by atoms with Gasteiger partial charge in [-0.25, -0.2) is 4.98 Å². The topological polar surface area (TPSA) is 69.6 Å². The first-order chi connectivity index (χ1) is 16.4. The Balaban J connectivity index is 1.73. The first-order valence-electron chi connectivity index (χ1n) is 10.3. The van der Waals surface area contributed by atoms with Crippen LogP contribution < -0.4 is 10.3 Å². The minimum atomic E-state index is -0.322. The van der Waals surface area contributed by atoms with Gasteiger partial charge in [-0.1, -0.05) is 39.7 Å². The van der Waals surface area contributed by atoms with E-state index in [0.717, 1.165) is 9.86 Å². The van der Waals surface area contributed by atoms with Gasteiger partial charge >= 0.3 is 0 Å². The molecular formula is C25H16Br2ClN3O3. The van der Waals surface area contributed by atoms with Crippen molar-refractivity contribution in [2.45, 2.75) is 6.92 Å². The van der Waals surface area contributed by atoms with E-state index in [4.69, 9.17) is 25.7 Å². The molecule has 9 heteroatoms. The molecule has 0 N–H and O–H groups in total. The molecule has 34 heavy (non-hydrogen) atoms. The first kappa shape index (κ1) is 22.8. The summed E-state index contributed by atoms with van der Waals surface area (Å²) in [6.07, 6.45) is 1.53. The van der Waals surface area contributed by atoms with Gasteiger partial charge in [0, 0.05) is 20.4 Å². The average molecular weight is 602 g/mol. The predicted octanol–water partition coefficient (Wildman–Crippen LogP) is 7.27. The third-order valence-corrected chi connectivity index (χ3v) is 6.39. The smallest absolute Gasteiger partial charge is 0.282 e. The normalized spacial score (nSPS) is 11.6. The van der Waals surface area contributed by atoms with E-state index in [1.807, 2.05) is 37.3 Å². The molecule has 0 spiro atoms. The van der Waals surface area contributed by atoms with Crippen LogP contribution in [-0.4, -0.2) is 22.5 Å². The Bertz CT molecular complexity index is 1640. The van der Waals surface area contributed by atoms with Crippen molar-refractivity contribution in [2.24, 2.45) is 5.10 Å². The van der Waals surface area contributed by atoms with Crippen molar-refractivity contribution < 1.29 is 9.15 Å². The Morgan fingerprint density at radius 3 is 2.79 bits per heavy atom. The molecule has 0 saturated carbocycles. The SMILES string of the molecule is CCOc1c(Br)cc(Cl)cc1C=Nn1c(-c2cc3cc(Br)ccc3o2)nc2ccccc2c1=O. The summed E-state index contributed by atoms with van der Waals surface area (Å²) >= 11 is 13.2. The third kappa shape index (κ3) is 4.29. The average Bonchev–Trinajstić information content (AvgIpc) is 3.23. The molecule has 0 aliphatic rings. The second kappa shape index (κ2) is 9.37. The van der Waals surface area contributed by atoms with E-state index in [-0.39, 0.29) is 11.4 Å². The molecule has 0 fully saturated rings. The highest BCUT2D eigenvalue weighted by Gasteiger charge is 2.17. The van der Waals surface area contributed by atoms with Gasteiger partial charge in [-0.05, 0) is 71.4 Å². The zero-order valence-electron chi connectivity index (χ0n) is 17.8. The molecule has 5 aromatic rings. The Labute approximate surface area is 216 Å². The summed E-state index contributed by atoms with van der Waals surface area (Å²) in [5.74, 6) is 1.28. The van der Waals surface area contributed by atoms with Crippen LogP contribution in [0.5, 0.6) is 5.75 Å². The molecule has 0 unspecified atom stereocenters. The van der Waals surface area contributed by atoms with Gasteiger partial charge in [-0.2, -0.15) is 9.78 Å². The lowest BCUT2D eigenvalue weighted by Crippen LogP contribution is -2.20. The van der Waals surface area contributed by atoms with E-state index in [0.29, 0.717) is 49.7 Å². The first-order valence-corrected chi connectivity index (χ1v) is 12.3. The number of benzene rings is 3. The summed E-state index contributed by atoms with van der Waals surface area (Å²) < 4.78 is 14.6. The number of rotatable bonds is 5. The molecule has 6 nitrogen and oxygen atoms in total. The Morgan fingerprint density at radius 2 is 1.97 bits per heavy atom. The highest BCUT2D eigenvalue weighted by molar-refractivity contribution is 9.10. The molecule has 0 atom stereocenters. The molecule has 0 radical (unpaired) electrons. The number of ether oxygens (including phenoxy) is 1. The lowest BCUT2D eigenvalue weighted by atomic mass is 10.2. The molecule has 5 rings (SSSR count). The Kier molecular flexibility index (Phi) is 6.29. The van der Waals surface area contributed by atoms with Crippen LogP contribution in [0.4, 0.5) is 0 Å². The van der Waals surface area contributed by atoms with E-state index in [1.165, 1.54) is 10.9 Å². The lowest BCUT2D eigenvalue weighted by molar-refractivity contribution is 0.337. The maximum atomic E-state index is 13.5. The van der Waals surface area contributed by atoms with E-state index < -0.39 is 0 Å². The third-order valence-electron chi connectivity index (χ3n) is 5.09. The maximum Gasteiger partial charge on any atom is 0.282 e. The summed E-state index contributed by atoms with van der Waals surface area (Å²) in [5.41, 5.74) is 1.52. The van der Waals surface area contributed by atoms with Gasteiger partial charge < -0.3 is 9.15 Å². The van der Waals surface area contributed by atoms with Crippen molar-refractivity contribution >= 4 is 71.5 Å². The molecule has 2 heterocycles. The van der Waals surface area contributed by atoms with Gasteiger partial charge in [-0.3, -0.25) is 4.79 Å². The van der Waals surface area contributed by atoms with Gasteiger partial charge in [0.25, 0.3) is 5.56 Å². The summed E-state index contributed by atoms with van der Waals surface area (Å²) in [5, 5.41) is 6.33. The van der Waals surface area contributed by atoms with Gasteiger partial charge in [0.1, 0.15) is 11.3 Å². The number of nitrogens with zero attached hydrogens (tertiary/aromatic N) is 3. The minimum Gasteiger partial charge on any atom is -0.492 e. The van der Waals surface area contributed by atoms with Gasteiger partial charge in [0.2, 0.25) is 5.82 Å². The van der Waals surface area contributed by atoms with Crippen LogP contribution in [0.2, 0.25) is 5.02 Å². The van der Waals surface area contributed by atoms with Gasteiger partial charge in [-0.15, -0.1) is 0 Å². The zero-order valence-corrected chi connectivity index (χ0v) is 21.7. The number of para-hydroxylation sites is 1. The largest absolute Gasteiger partial charge is 0.492 e. The lowest BCUT2D eigenvalue weighted by Gasteiger charge is -2.11. The number of furan rings is 1. The van der Waals surface area contributed by atoms with Crippen LogP contribution in [0, 0.1) is 0 Å². The second-order valence-corrected chi connectivity index (χ2v) is 9.55. The zero-order chi connectivity index (χ0) is 23.8. The molecule has 0 bridgehead atoms. The molecule has 0 aliphatic carbocycles. The van der Waals surface area contributed by atoms with Crippen LogP contribution >= 0.6 is 43.5 Å². The van der Waals surface area contributed by atoms with Crippen molar-refractivity contribution in [3.8, 4) is 17.3 Å². The fraction of sp³-hybridized carbons (Fsp3) is 0.0800. The summed E-state index contributed by atoms with van der Waals surface area (Å²) in [7, 11) is 0. The highest BCUT2D eigenvalue weighted by Crippen LogP contribution is 2.32. The number of hydrogen-bond donors (Lipinski definition) is 0. The van der Waals surface area contributed by atoms with Crippen LogP contribution in [-0.2, 0) is 0 Å². The van der Waals surface area contributed by atoms with Crippen LogP contribution in [0.15, 0.2) is 83.9 Å². The predicted molar refractivity (Wildman–Crippen MR) is 142 cm³/mol. The maximum absolute atomic E-state index is 13.5. The minimum absolute atomic E-state index is 0.284. The quantitative estimate of drug-likeness (QED) is 0.199. The molecule has 0 amide bonds. The van der Waals surface area contributed by atoms with Crippen LogP contribution in [0.3, 0.4) is 0 Å². The Morgan fingerprint density at radius 1 is 1.15 bits per heavy atom. The van der Waals surface area contributed by atoms with Crippen LogP contribution in [0.1, 0.15) is 12.5 Å². The van der Waals surface area contributed by atoms with Crippen molar-refractivity contribution in [1.29, 1.82) is 0 Å². The fourth-order valence-corrected chi connectivity index (χ4v) is 4.93. The van der Waals surface area contributed by atoms with Crippen molar-refractivity contribution in [3.63, 3.8) is 0 Å². The van der Waals surface area contributed by atoms with Gasteiger partial charge in [0.15, 0.2) is 5.76 Å². The van der Waals surface area contributed by atoms with Crippen molar-refractivity contribution in [2.75, 3.05) is 6.61 Å². The second-order valence-electron chi connectivity index (χ2n) is 7.35. The molecule has 0 saturated heterocycles. The molecule has 170 valence electrons. The Hall–Kier alpha value is -2.94. The molecular weight excluding hydrogens is 586 g/mol. The fourth-order valence-electron chi connectivity index (χ4n) is 3.61. The summed E-state index contributed by atoms with van der Waals surface area (Å²) in [4.78, 5) is 18.2. The number of aromatic nitrogens is 2. The standard InChI is InChI=1S/C25H16Br2ClN3O3/c1-2-33-23-15(10-17(28)12-19(23)27)13-29-31-24(30-20-6-4-3-5-18(20)25(31)32)22-11-14-9-16(26)7-8-21(14)34-22/h3-13H,2H2,1H3. The van der Waals surface area contributed by atoms with E-state index >= 15 is 0 Å². The molecule has 2 aromatic heterocycles. The highest BCUT2D eigenvalue weighted by atomic mass is 79.9. The number of halogens is 3. The van der Waals surface area contributed by atoms with Gasteiger partial charge in [0.05, 0.1) is 28.2 Å². The van der Waals surface area contributed by atoms with E-state index in [9.17, 15) is 4.79 Å². The summed E-state index contributed by atoms with van der Waals surface area (Å²) in [6, 6.07) is 18.1. The van der Waals surface area contributed by atoms with Crippen molar-refractivity contribution in [1.82, 2.24) is 9.66 Å². The number of hydrogen-bond acceptors (Lipinski definition) is 5. The molecule has 3 aromatic carbocycles. The van der Waals surface area contributed by atoms with Crippen molar-refractivity contribution in [3.05, 3.63) is 90.5 Å². The molecule has 0 aliphatic heterocycles.